The summed E-state index contributed by atoms with van der Waals surface area (Å²) in [6, 6.07) is 10.8. The van der Waals surface area contributed by atoms with Crippen LogP contribution in [0.25, 0.3) is 0 Å². The lowest BCUT2D eigenvalue weighted by Crippen LogP contribution is -2.35. The van der Waals surface area contributed by atoms with Crippen LogP contribution < -0.4 is 0 Å². The van der Waals surface area contributed by atoms with Gasteiger partial charge in [0.05, 0.1) is 6.67 Å². The lowest BCUT2D eigenvalue weighted by Gasteiger charge is -2.31. The molecule has 1 fully saturated rings. The molecule has 0 N–H and O–H groups in total. The fourth-order valence-corrected chi connectivity index (χ4v) is 2.79. The van der Waals surface area contributed by atoms with Gasteiger partial charge < -0.3 is 0 Å². The molecule has 1 aliphatic rings. The van der Waals surface area contributed by atoms with E-state index in [9.17, 15) is 0 Å². The van der Waals surface area contributed by atoms with Crippen molar-refractivity contribution in [2.24, 2.45) is 5.92 Å². The molecule has 0 spiro atoms. The molecule has 1 aromatic carbocycles. The largest absolute Gasteiger partial charge is 0.284 e. The maximum absolute atomic E-state index is 4.16. The Bertz CT molecular complexity index is 472. The van der Waals surface area contributed by atoms with E-state index < -0.39 is 0 Å². The first kappa shape index (κ1) is 12.4. The highest BCUT2D eigenvalue weighted by molar-refractivity contribution is 5.15. The minimum atomic E-state index is 0.828. The molecule has 2 heterocycles. The van der Waals surface area contributed by atoms with Crippen LogP contribution in [0.2, 0.25) is 0 Å². The van der Waals surface area contributed by atoms with Crippen molar-refractivity contribution in [3.8, 4) is 0 Å². The molecule has 100 valence electrons. The Labute approximate surface area is 114 Å². The second kappa shape index (κ2) is 5.97. The van der Waals surface area contributed by atoms with Gasteiger partial charge in [-0.2, -0.15) is 5.10 Å². The minimum Gasteiger partial charge on any atom is -0.284 e. The van der Waals surface area contributed by atoms with Gasteiger partial charge in [0.2, 0.25) is 0 Å². The van der Waals surface area contributed by atoms with E-state index in [0.29, 0.717) is 0 Å². The highest BCUT2D eigenvalue weighted by Gasteiger charge is 2.19. The third-order valence-electron chi connectivity index (χ3n) is 3.89. The predicted octanol–water partition coefficient (Wildman–Crippen LogP) is 2.19. The van der Waals surface area contributed by atoms with Crippen molar-refractivity contribution >= 4 is 0 Å². The number of benzene rings is 1. The molecule has 3 rings (SSSR count). The zero-order valence-corrected chi connectivity index (χ0v) is 11.2. The number of hydrogen-bond acceptors (Lipinski definition) is 3. The van der Waals surface area contributed by atoms with Gasteiger partial charge in [-0.1, -0.05) is 30.3 Å². The summed E-state index contributed by atoms with van der Waals surface area (Å²) >= 11 is 0. The number of nitrogens with zero attached hydrogens (tertiary/aromatic N) is 4. The van der Waals surface area contributed by atoms with E-state index in [0.717, 1.165) is 25.7 Å². The van der Waals surface area contributed by atoms with Crippen LogP contribution in [0.5, 0.6) is 0 Å². The molecule has 1 aliphatic heterocycles. The van der Waals surface area contributed by atoms with Crippen LogP contribution in [0.4, 0.5) is 0 Å². The molecule has 2 aromatic rings. The van der Waals surface area contributed by atoms with Crippen LogP contribution in [0.3, 0.4) is 0 Å². The van der Waals surface area contributed by atoms with Crippen LogP contribution in [0.1, 0.15) is 18.4 Å². The van der Waals surface area contributed by atoms with E-state index in [1.165, 1.54) is 24.8 Å². The third-order valence-corrected chi connectivity index (χ3v) is 3.89. The molecule has 0 radical (unpaired) electrons. The number of piperidine rings is 1. The van der Waals surface area contributed by atoms with Crippen LogP contribution in [-0.2, 0) is 13.1 Å². The Hall–Kier alpha value is -1.68. The topological polar surface area (TPSA) is 34.0 Å². The van der Waals surface area contributed by atoms with Crippen LogP contribution in [0.15, 0.2) is 43.0 Å². The van der Waals surface area contributed by atoms with Gasteiger partial charge in [-0.25, -0.2) is 9.67 Å². The Morgan fingerprint density at radius 1 is 1.11 bits per heavy atom. The maximum atomic E-state index is 4.16. The van der Waals surface area contributed by atoms with Gasteiger partial charge in [0.1, 0.15) is 12.7 Å². The van der Waals surface area contributed by atoms with Gasteiger partial charge in [-0.05, 0) is 30.7 Å². The molecule has 0 amide bonds. The van der Waals surface area contributed by atoms with Crippen LogP contribution in [0, 0.1) is 5.92 Å². The zero-order valence-electron chi connectivity index (χ0n) is 11.2. The lowest BCUT2D eigenvalue weighted by atomic mass is 9.90. The van der Waals surface area contributed by atoms with Crippen molar-refractivity contribution in [3.05, 3.63) is 48.5 Å². The summed E-state index contributed by atoms with van der Waals surface area (Å²) < 4.78 is 1.90. The van der Waals surface area contributed by atoms with Crippen molar-refractivity contribution < 1.29 is 0 Å². The van der Waals surface area contributed by atoms with Gasteiger partial charge in [0.15, 0.2) is 0 Å². The normalized spacial score (nSPS) is 17.7. The Balaban J connectivity index is 1.47. The lowest BCUT2D eigenvalue weighted by molar-refractivity contribution is 0.141. The van der Waals surface area contributed by atoms with Gasteiger partial charge in [0, 0.05) is 13.1 Å². The fraction of sp³-hybridized carbons (Fsp3) is 0.467. The van der Waals surface area contributed by atoms with Crippen LogP contribution in [-0.4, -0.2) is 32.8 Å². The van der Waals surface area contributed by atoms with Crippen molar-refractivity contribution in [3.63, 3.8) is 0 Å². The smallest absolute Gasteiger partial charge is 0.137 e. The molecule has 0 aliphatic carbocycles. The average molecular weight is 256 g/mol. The molecule has 19 heavy (non-hydrogen) atoms. The molecule has 4 heteroatoms. The number of likely N-dealkylation sites (tertiary alicyclic amines) is 1. The molecule has 0 atom stereocenters. The van der Waals surface area contributed by atoms with Crippen molar-refractivity contribution in [1.82, 2.24) is 19.7 Å². The predicted molar refractivity (Wildman–Crippen MR) is 74.5 cm³/mol. The van der Waals surface area contributed by atoms with Gasteiger partial charge in [-0.15, -0.1) is 0 Å². The van der Waals surface area contributed by atoms with Crippen molar-refractivity contribution in [1.29, 1.82) is 0 Å². The minimum absolute atomic E-state index is 0.828. The molecule has 0 unspecified atom stereocenters. The SMILES string of the molecule is c1ccc(CC2CCN(Cn3cncn3)CC2)cc1. The highest BCUT2D eigenvalue weighted by Crippen LogP contribution is 2.21. The summed E-state index contributed by atoms with van der Waals surface area (Å²) in [5.74, 6) is 0.828. The van der Waals surface area contributed by atoms with E-state index in [2.05, 4.69) is 45.3 Å². The Morgan fingerprint density at radius 2 is 1.89 bits per heavy atom. The fourth-order valence-electron chi connectivity index (χ4n) is 2.79. The molecule has 0 bridgehead atoms. The summed E-state index contributed by atoms with van der Waals surface area (Å²) in [6.45, 7) is 3.20. The molecule has 1 aromatic heterocycles. The first-order valence-electron chi connectivity index (χ1n) is 6.99. The molecular formula is C15H20N4. The van der Waals surface area contributed by atoms with Crippen molar-refractivity contribution in [2.75, 3.05) is 13.1 Å². The number of aromatic nitrogens is 3. The van der Waals surface area contributed by atoms with E-state index >= 15 is 0 Å². The summed E-state index contributed by atoms with van der Waals surface area (Å²) in [5.41, 5.74) is 1.47. The standard InChI is InChI=1S/C15H20N4/c1-2-4-14(5-3-1)10-15-6-8-18(9-7-15)13-19-12-16-11-17-19/h1-5,11-12,15H,6-10,13H2. The zero-order chi connectivity index (χ0) is 12.9. The molecule has 1 saturated heterocycles. The number of rotatable bonds is 4. The van der Waals surface area contributed by atoms with Crippen LogP contribution >= 0.6 is 0 Å². The summed E-state index contributed by atoms with van der Waals surface area (Å²) in [4.78, 5) is 6.44. The maximum Gasteiger partial charge on any atom is 0.137 e. The second-order valence-corrected chi connectivity index (χ2v) is 5.33. The average Bonchev–Trinajstić information content (AvgIpc) is 2.95. The first-order chi connectivity index (χ1) is 9.40. The van der Waals surface area contributed by atoms with E-state index in [1.54, 1.807) is 12.7 Å². The Kier molecular flexibility index (Phi) is 3.89. The van der Waals surface area contributed by atoms with Gasteiger partial charge in [-0.3, -0.25) is 4.90 Å². The highest BCUT2D eigenvalue weighted by atomic mass is 15.4. The molecular weight excluding hydrogens is 236 g/mol. The Morgan fingerprint density at radius 3 is 2.58 bits per heavy atom. The monoisotopic (exact) mass is 256 g/mol. The molecule has 4 nitrogen and oxygen atoms in total. The third kappa shape index (κ3) is 3.41. The number of hydrogen-bond donors (Lipinski definition) is 0. The first-order valence-corrected chi connectivity index (χ1v) is 6.99. The quantitative estimate of drug-likeness (QED) is 0.841. The van der Waals surface area contributed by atoms with E-state index in [4.69, 9.17) is 0 Å². The summed E-state index contributed by atoms with van der Waals surface area (Å²) in [6.07, 6.45) is 7.17. The summed E-state index contributed by atoms with van der Waals surface area (Å²) in [7, 11) is 0. The molecule has 0 saturated carbocycles. The van der Waals surface area contributed by atoms with Gasteiger partial charge >= 0.3 is 0 Å². The van der Waals surface area contributed by atoms with Gasteiger partial charge in [0.25, 0.3) is 0 Å². The van der Waals surface area contributed by atoms with E-state index in [1.807, 2.05) is 4.68 Å². The van der Waals surface area contributed by atoms with Crippen molar-refractivity contribution in [2.45, 2.75) is 25.9 Å². The summed E-state index contributed by atoms with van der Waals surface area (Å²) in [5, 5.41) is 4.16. The van der Waals surface area contributed by atoms with E-state index in [-0.39, 0.29) is 0 Å². The second-order valence-electron chi connectivity index (χ2n) is 5.33.